The summed E-state index contributed by atoms with van der Waals surface area (Å²) in [6.45, 7) is -2.07. The third-order valence-corrected chi connectivity index (χ3v) is 10.2. The van der Waals surface area contributed by atoms with Crippen LogP contribution in [0.25, 0.3) is 0 Å². The summed E-state index contributed by atoms with van der Waals surface area (Å²) in [5, 5.41) is 3.90. The van der Waals surface area contributed by atoms with Gasteiger partial charge in [0.2, 0.25) is 0 Å². The van der Waals surface area contributed by atoms with Crippen molar-refractivity contribution in [1.82, 2.24) is 19.5 Å². The van der Waals surface area contributed by atoms with Crippen molar-refractivity contribution in [2.45, 2.75) is 37.3 Å². The zero-order chi connectivity index (χ0) is 29.9. The smallest absolute Gasteiger partial charge is 0.351 e. The van der Waals surface area contributed by atoms with Crippen LogP contribution in [0.1, 0.15) is 34.9 Å². The fraction of sp³-hybridized carbons (Fsp3) is 0.290. The van der Waals surface area contributed by atoms with Gasteiger partial charge in [0.15, 0.2) is 0 Å². The monoisotopic (exact) mass is 608 g/mol. The number of aryl methyl sites for hydroxylation is 1. The number of hydrogen-bond donors (Lipinski definition) is 2. The number of rotatable bonds is 10. The number of H-pyrrole nitrogens is 1. The van der Waals surface area contributed by atoms with E-state index < -0.39 is 42.0 Å². The van der Waals surface area contributed by atoms with Crippen molar-refractivity contribution >= 4 is 18.1 Å². The minimum atomic E-state index is -3.60. The summed E-state index contributed by atoms with van der Waals surface area (Å²) in [6, 6.07) is 29.9. The van der Waals surface area contributed by atoms with Gasteiger partial charge in [-0.2, -0.15) is 0 Å². The molecule has 9 nitrogen and oxygen atoms in total. The molecule has 220 valence electrons. The molecule has 2 N–H and O–H groups in total. The van der Waals surface area contributed by atoms with E-state index in [2.05, 4.69) is 46.7 Å². The SMILES string of the molecule is Cc1cn(C2CC(NC(c3ccccc3)(c3ccccc3)c3ccccc3)C(COP(=O)(Cl)N(C)C)O2)c(=O)[nH]c1=O. The fourth-order valence-electron chi connectivity index (χ4n) is 5.38. The van der Waals surface area contributed by atoms with Gasteiger partial charge >= 0.3 is 12.6 Å². The molecular formula is C31H34ClN4O5P. The number of halogens is 1. The third-order valence-electron chi connectivity index (χ3n) is 7.59. The maximum atomic E-state index is 12.9. The highest BCUT2D eigenvalue weighted by Crippen LogP contribution is 2.54. The summed E-state index contributed by atoms with van der Waals surface area (Å²) in [5.41, 5.74) is 1.52. The van der Waals surface area contributed by atoms with Crippen LogP contribution in [-0.4, -0.2) is 47.1 Å². The number of nitrogens with one attached hydrogen (secondary N) is 2. The molecule has 1 fully saturated rings. The second-order valence-corrected chi connectivity index (χ2v) is 13.8. The minimum absolute atomic E-state index is 0.0986. The van der Waals surface area contributed by atoms with E-state index in [-0.39, 0.29) is 6.61 Å². The Morgan fingerprint density at radius 3 is 1.95 bits per heavy atom. The zero-order valence-corrected chi connectivity index (χ0v) is 25.3. The van der Waals surface area contributed by atoms with Crippen molar-refractivity contribution in [1.29, 1.82) is 0 Å². The first-order valence-corrected chi connectivity index (χ1v) is 16.1. The van der Waals surface area contributed by atoms with Gasteiger partial charge in [-0.25, -0.2) is 9.46 Å². The maximum absolute atomic E-state index is 12.9. The average Bonchev–Trinajstić information content (AvgIpc) is 3.40. The summed E-state index contributed by atoms with van der Waals surface area (Å²) >= 11 is 6.22. The Kier molecular flexibility index (Phi) is 8.99. The van der Waals surface area contributed by atoms with Crippen molar-refractivity contribution < 1.29 is 13.8 Å². The largest absolute Gasteiger partial charge is 0.362 e. The van der Waals surface area contributed by atoms with Crippen molar-refractivity contribution in [2.24, 2.45) is 0 Å². The predicted molar refractivity (Wildman–Crippen MR) is 164 cm³/mol. The van der Waals surface area contributed by atoms with Gasteiger partial charge in [-0.15, -0.1) is 0 Å². The molecule has 1 aromatic heterocycles. The molecule has 3 aromatic carbocycles. The summed E-state index contributed by atoms with van der Waals surface area (Å²) in [6.07, 6.45) is 0.462. The van der Waals surface area contributed by atoms with Crippen molar-refractivity contribution in [3.63, 3.8) is 0 Å². The Hall–Kier alpha value is -3.30. The van der Waals surface area contributed by atoms with Crippen LogP contribution in [0.5, 0.6) is 0 Å². The average molecular weight is 609 g/mol. The number of aromatic amines is 1. The molecule has 0 radical (unpaired) electrons. The maximum Gasteiger partial charge on any atom is 0.362 e. The molecular weight excluding hydrogens is 575 g/mol. The normalized spacial score (nSPS) is 20.5. The molecule has 4 aromatic rings. The van der Waals surface area contributed by atoms with Crippen LogP contribution in [0.4, 0.5) is 0 Å². The van der Waals surface area contributed by atoms with Crippen LogP contribution in [0.15, 0.2) is 107 Å². The second kappa shape index (κ2) is 12.5. The van der Waals surface area contributed by atoms with Gasteiger partial charge in [-0.3, -0.25) is 24.2 Å². The molecule has 1 aliphatic rings. The second-order valence-electron chi connectivity index (χ2n) is 10.5. The highest BCUT2D eigenvalue weighted by Gasteiger charge is 2.45. The molecule has 0 aliphatic carbocycles. The Morgan fingerprint density at radius 1 is 0.976 bits per heavy atom. The van der Waals surface area contributed by atoms with Crippen LogP contribution in [0.2, 0.25) is 0 Å². The van der Waals surface area contributed by atoms with Gasteiger partial charge in [0.05, 0.1) is 18.2 Å². The molecule has 1 aliphatic heterocycles. The first-order valence-electron chi connectivity index (χ1n) is 13.7. The lowest BCUT2D eigenvalue weighted by Crippen LogP contribution is -2.53. The van der Waals surface area contributed by atoms with Crippen LogP contribution < -0.4 is 16.6 Å². The highest BCUT2D eigenvalue weighted by atomic mass is 35.7. The first-order chi connectivity index (χ1) is 20.1. The lowest BCUT2D eigenvalue weighted by Gasteiger charge is -2.40. The van der Waals surface area contributed by atoms with E-state index in [0.29, 0.717) is 12.0 Å². The highest BCUT2D eigenvalue weighted by molar-refractivity contribution is 7.83. The molecule has 0 saturated carbocycles. The Balaban J connectivity index is 1.63. The van der Waals surface area contributed by atoms with E-state index in [1.807, 2.05) is 54.6 Å². The number of ether oxygens (including phenoxy) is 1. The topological polar surface area (TPSA) is 106 Å². The van der Waals surface area contributed by atoms with Crippen LogP contribution in [0, 0.1) is 6.92 Å². The minimum Gasteiger partial charge on any atom is -0.351 e. The van der Waals surface area contributed by atoms with Gasteiger partial charge < -0.3 is 9.26 Å². The van der Waals surface area contributed by atoms with E-state index in [0.717, 1.165) is 16.7 Å². The Labute approximate surface area is 249 Å². The molecule has 42 heavy (non-hydrogen) atoms. The molecule has 0 spiro atoms. The first kappa shape index (κ1) is 30.2. The summed E-state index contributed by atoms with van der Waals surface area (Å²) in [5.74, 6) is 0. The summed E-state index contributed by atoms with van der Waals surface area (Å²) in [4.78, 5) is 27.3. The Bertz CT molecular complexity index is 1570. The molecule has 2 heterocycles. The van der Waals surface area contributed by atoms with Gasteiger partial charge in [0, 0.05) is 24.2 Å². The zero-order valence-electron chi connectivity index (χ0n) is 23.6. The van der Waals surface area contributed by atoms with Crippen molar-refractivity contribution in [2.75, 3.05) is 20.7 Å². The van der Waals surface area contributed by atoms with Crippen LogP contribution in [0.3, 0.4) is 0 Å². The lowest BCUT2D eigenvalue weighted by molar-refractivity contribution is -0.0253. The predicted octanol–water partition coefficient (Wildman–Crippen LogP) is 5.01. The standard InChI is InChI=1S/C31H34ClN4O5P/c1-22-20-36(30(38)33-29(22)37)28-19-26(27(41-28)21-40-42(32,39)35(2)3)34-31(23-13-7-4-8-14-23,24-15-9-5-10-16-24)25-17-11-6-12-18-25/h4-18,20,26-28,34H,19,21H2,1-3H3,(H,33,37,38). The summed E-state index contributed by atoms with van der Waals surface area (Å²) in [7, 11) is 3.16. The molecule has 4 atom stereocenters. The number of nitrogens with zero attached hydrogens (tertiary/aromatic N) is 2. The molecule has 1 saturated heterocycles. The number of hydrogen-bond acceptors (Lipinski definition) is 6. The van der Waals surface area contributed by atoms with E-state index in [1.54, 1.807) is 21.0 Å². The third kappa shape index (κ3) is 6.08. The van der Waals surface area contributed by atoms with Gasteiger partial charge in [-0.1, -0.05) is 91.0 Å². The van der Waals surface area contributed by atoms with Crippen LogP contribution >= 0.6 is 18.1 Å². The van der Waals surface area contributed by atoms with Crippen molar-refractivity contribution in [3.8, 4) is 0 Å². The van der Waals surface area contributed by atoms with Crippen molar-refractivity contribution in [3.05, 3.63) is 140 Å². The van der Waals surface area contributed by atoms with Gasteiger partial charge in [-0.05, 0) is 49.0 Å². The Morgan fingerprint density at radius 2 is 1.48 bits per heavy atom. The molecule has 11 heteroatoms. The van der Waals surface area contributed by atoms with E-state index >= 15 is 0 Å². The lowest BCUT2D eigenvalue weighted by atomic mass is 9.76. The summed E-state index contributed by atoms with van der Waals surface area (Å²) < 4.78 is 27.8. The fourth-order valence-corrected chi connectivity index (χ4v) is 6.11. The van der Waals surface area contributed by atoms with E-state index in [9.17, 15) is 14.2 Å². The molecule has 4 unspecified atom stereocenters. The van der Waals surface area contributed by atoms with E-state index in [4.69, 9.17) is 20.5 Å². The quantitative estimate of drug-likeness (QED) is 0.193. The van der Waals surface area contributed by atoms with E-state index in [1.165, 1.54) is 15.4 Å². The molecule has 0 bridgehead atoms. The van der Waals surface area contributed by atoms with Gasteiger partial charge in [0.1, 0.15) is 6.23 Å². The van der Waals surface area contributed by atoms with Crippen LogP contribution in [-0.2, 0) is 19.4 Å². The number of benzene rings is 3. The van der Waals surface area contributed by atoms with Gasteiger partial charge in [0.25, 0.3) is 5.56 Å². The number of aromatic nitrogens is 2. The molecule has 5 rings (SSSR count). The molecule has 0 amide bonds.